The smallest absolute Gasteiger partial charge is 0.399 e. The summed E-state index contributed by atoms with van der Waals surface area (Å²) >= 11 is 0. The molecule has 0 aliphatic carbocycles. The van der Waals surface area contributed by atoms with Crippen molar-refractivity contribution >= 4 is 26.9 Å². The van der Waals surface area contributed by atoms with Gasteiger partial charge in [0, 0.05) is 17.1 Å². The molecule has 0 aromatic heterocycles. The van der Waals surface area contributed by atoms with Crippen LogP contribution in [0.25, 0.3) is 0 Å². The summed E-state index contributed by atoms with van der Waals surface area (Å²) in [5.74, 6) is 0. The topological polar surface area (TPSA) is 72.2 Å². The lowest BCUT2D eigenvalue weighted by Gasteiger charge is -2.10. The number of hydrogen-bond acceptors (Lipinski definition) is 4. The van der Waals surface area contributed by atoms with Crippen molar-refractivity contribution in [2.75, 3.05) is 11.1 Å². The third-order valence-corrected chi connectivity index (χ3v) is 4.17. The molecule has 3 N–H and O–H groups in total. The average Bonchev–Trinajstić information content (AvgIpc) is 2.41. The number of benzene rings is 2. The summed E-state index contributed by atoms with van der Waals surface area (Å²) in [7, 11) is -5.32. The quantitative estimate of drug-likeness (QED) is 0.852. The lowest BCUT2D eigenvalue weighted by Crippen LogP contribution is -2.23. The van der Waals surface area contributed by atoms with E-state index in [1.54, 1.807) is 24.3 Å². The molecule has 0 heterocycles. The van der Waals surface area contributed by atoms with Crippen molar-refractivity contribution in [2.24, 2.45) is 0 Å². The molecule has 0 radical (unpaired) electrons. The summed E-state index contributed by atoms with van der Waals surface area (Å²) in [6.07, 6.45) is 0. The Morgan fingerprint density at radius 3 is 1.71 bits per heavy atom. The molecule has 8 heteroatoms. The molecule has 0 fully saturated rings. The normalized spacial score (nSPS) is 12.1. The molecule has 0 amide bonds. The minimum Gasteiger partial charge on any atom is -0.399 e. The molecule has 21 heavy (non-hydrogen) atoms. The summed E-state index contributed by atoms with van der Waals surface area (Å²) in [6, 6.07) is 11.0. The van der Waals surface area contributed by atoms with Gasteiger partial charge in [-0.1, -0.05) is 0 Å². The van der Waals surface area contributed by atoms with Gasteiger partial charge in [-0.3, -0.25) is 0 Å². The third kappa shape index (κ3) is 3.27. The zero-order valence-electron chi connectivity index (χ0n) is 10.6. The minimum absolute atomic E-state index is 0.459. The third-order valence-electron chi connectivity index (χ3n) is 2.67. The van der Waals surface area contributed by atoms with E-state index < -0.39 is 20.2 Å². The van der Waals surface area contributed by atoms with Gasteiger partial charge in [0.1, 0.15) is 0 Å². The Morgan fingerprint density at radius 2 is 1.29 bits per heavy atom. The molecule has 2 rings (SSSR count). The van der Waals surface area contributed by atoms with Gasteiger partial charge in [-0.2, -0.15) is 13.2 Å². The minimum atomic E-state index is -5.32. The van der Waals surface area contributed by atoms with E-state index in [2.05, 4.69) is 5.32 Å². The van der Waals surface area contributed by atoms with E-state index in [0.717, 1.165) is 12.1 Å². The van der Waals surface area contributed by atoms with Crippen LogP contribution in [0.2, 0.25) is 0 Å². The number of halogens is 3. The van der Waals surface area contributed by atoms with Crippen LogP contribution in [-0.2, 0) is 9.84 Å². The molecule has 0 spiro atoms. The van der Waals surface area contributed by atoms with E-state index in [-0.39, 0.29) is 0 Å². The van der Waals surface area contributed by atoms with Gasteiger partial charge in [0.2, 0.25) is 0 Å². The number of nitrogens with one attached hydrogen (secondary N) is 1. The van der Waals surface area contributed by atoms with E-state index in [4.69, 9.17) is 5.73 Å². The molecule has 2 aromatic rings. The van der Waals surface area contributed by atoms with Crippen molar-refractivity contribution in [3.63, 3.8) is 0 Å². The van der Waals surface area contributed by atoms with E-state index in [0.29, 0.717) is 17.1 Å². The van der Waals surface area contributed by atoms with Gasteiger partial charge in [0.25, 0.3) is 9.84 Å². The van der Waals surface area contributed by atoms with Crippen LogP contribution in [-0.4, -0.2) is 13.9 Å². The van der Waals surface area contributed by atoms with Crippen molar-refractivity contribution < 1.29 is 21.6 Å². The Morgan fingerprint density at radius 1 is 0.857 bits per heavy atom. The fourth-order valence-electron chi connectivity index (χ4n) is 1.58. The van der Waals surface area contributed by atoms with Crippen LogP contribution in [0.5, 0.6) is 0 Å². The van der Waals surface area contributed by atoms with E-state index >= 15 is 0 Å². The first-order valence-electron chi connectivity index (χ1n) is 5.74. The predicted molar refractivity (Wildman–Crippen MR) is 73.8 cm³/mol. The number of nitrogens with two attached hydrogens (primary N) is 1. The fourth-order valence-corrected chi connectivity index (χ4v) is 2.35. The van der Waals surface area contributed by atoms with Gasteiger partial charge in [0.15, 0.2) is 0 Å². The number of hydrogen-bond donors (Lipinski definition) is 2. The SMILES string of the molecule is Nc1ccc(Nc2ccc(S(=O)(=O)C(F)(F)F)cc2)cc1. The highest BCUT2D eigenvalue weighted by Gasteiger charge is 2.46. The van der Waals surface area contributed by atoms with Gasteiger partial charge >= 0.3 is 5.51 Å². The average molecular weight is 316 g/mol. The lowest BCUT2D eigenvalue weighted by atomic mass is 10.2. The van der Waals surface area contributed by atoms with Gasteiger partial charge in [-0.05, 0) is 48.5 Å². The number of nitrogen functional groups attached to an aromatic ring is 1. The Bertz CT molecular complexity index is 724. The van der Waals surface area contributed by atoms with Crippen LogP contribution in [0.15, 0.2) is 53.4 Å². The molecule has 0 unspecified atom stereocenters. The van der Waals surface area contributed by atoms with Crippen LogP contribution in [0.3, 0.4) is 0 Å². The molecule has 0 atom stereocenters. The van der Waals surface area contributed by atoms with E-state index in [1.165, 1.54) is 12.1 Å². The molecule has 0 aliphatic heterocycles. The Labute approximate surface area is 119 Å². The van der Waals surface area contributed by atoms with Crippen LogP contribution in [0.4, 0.5) is 30.2 Å². The maximum absolute atomic E-state index is 12.4. The van der Waals surface area contributed by atoms with E-state index in [9.17, 15) is 21.6 Å². The summed E-state index contributed by atoms with van der Waals surface area (Å²) < 4.78 is 59.6. The molecule has 0 aliphatic rings. The van der Waals surface area contributed by atoms with Crippen molar-refractivity contribution in [3.05, 3.63) is 48.5 Å². The maximum atomic E-state index is 12.4. The summed E-state index contributed by atoms with van der Waals surface area (Å²) in [5.41, 5.74) is 1.93. The molecule has 0 saturated heterocycles. The number of rotatable bonds is 3. The monoisotopic (exact) mass is 316 g/mol. The van der Waals surface area contributed by atoms with Crippen LogP contribution in [0.1, 0.15) is 0 Å². The Hall–Kier alpha value is -2.22. The largest absolute Gasteiger partial charge is 0.501 e. The molecule has 0 bridgehead atoms. The van der Waals surface area contributed by atoms with Crippen LogP contribution < -0.4 is 11.1 Å². The highest BCUT2D eigenvalue weighted by atomic mass is 32.2. The van der Waals surface area contributed by atoms with Crippen molar-refractivity contribution in [3.8, 4) is 0 Å². The van der Waals surface area contributed by atoms with Crippen molar-refractivity contribution in [1.82, 2.24) is 0 Å². The second-order valence-electron chi connectivity index (χ2n) is 4.22. The first kappa shape index (κ1) is 15.2. The highest BCUT2D eigenvalue weighted by Crippen LogP contribution is 2.31. The van der Waals surface area contributed by atoms with E-state index in [1.807, 2.05) is 0 Å². The molecular weight excluding hydrogens is 305 g/mol. The van der Waals surface area contributed by atoms with Gasteiger partial charge in [-0.25, -0.2) is 8.42 Å². The second-order valence-corrected chi connectivity index (χ2v) is 6.16. The first-order chi connectivity index (χ1) is 9.70. The van der Waals surface area contributed by atoms with Crippen LogP contribution in [0, 0.1) is 0 Å². The van der Waals surface area contributed by atoms with Crippen molar-refractivity contribution in [1.29, 1.82) is 0 Å². The lowest BCUT2D eigenvalue weighted by molar-refractivity contribution is -0.0436. The zero-order chi connectivity index (χ0) is 15.7. The Balaban J connectivity index is 2.22. The number of alkyl halides is 3. The van der Waals surface area contributed by atoms with Gasteiger partial charge in [-0.15, -0.1) is 0 Å². The summed E-state index contributed by atoms with van der Waals surface area (Å²) in [6.45, 7) is 0. The predicted octanol–water partition coefficient (Wildman–Crippen LogP) is 3.31. The summed E-state index contributed by atoms with van der Waals surface area (Å²) in [5, 5.41) is 2.92. The standard InChI is InChI=1S/C13H11F3N2O2S/c14-13(15,16)21(19,20)12-7-5-11(6-8-12)18-10-3-1-9(17)2-4-10/h1-8,18H,17H2. The Kier molecular flexibility index (Phi) is 3.82. The van der Waals surface area contributed by atoms with Gasteiger partial charge < -0.3 is 11.1 Å². The highest BCUT2D eigenvalue weighted by molar-refractivity contribution is 7.92. The number of sulfone groups is 1. The maximum Gasteiger partial charge on any atom is 0.501 e. The number of anilines is 3. The fraction of sp³-hybridized carbons (Fsp3) is 0.0769. The van der Waals surface area contributed by atoms with Gasteiger partial charge in [0.05, 0.1) is 4.90 Å². The molecule has 0 saturated carbocycles. The molecular formula is C13H11F3N2O2S. The first-order valence-corrected chi connectivity index (χ1v) is 7.22. The second kappa shape index (κ2) is 5.28. The molecule has 112 valence electrons. The zero-order valence-corrected chi connectivity index (χ0v) is 11.4. The summed E-state index contributed by atoms with van der Waals surface area (Å²) in [4.78, 5) is -0.794. The van der Waals surface area contributed by atoms with Crippen LogP contribution >= 0.6 is 0 Å². The molecule has 2 aromatic carbocycles. The van der Waals surface area contributed by atoms with Crippen molar-refractivity contribution in [2.45, 2.75) is 10.4 Å². The molecule has 4 nitrogen and oxygen atoms in total.